The average Bonchev–Trinajstić information content (AvgIpc) is 2.64. The Morgan fingerprint density at radius 2 is 1.67 bits per heavy atom. The minimum Gasteiger partial charge on any atom is -0.497 e. The number of hydrogen-bond acceptors (Lipinski definition) is 5. The Bertz CT molecular complexity index is 1020. The third-order valence-electron chi connectivity index (χ3n) is 4.32. The third-order valence-corrected chi connectivity index (χ3v) is 4.32. The molecule has 0 radical (unpaired) electrons. The molecule has 3 aromatic rings. The normalized spacial score (nSPS) is 11.4. The minimum atomic E-state index is -0.467. The number of hydrogen-bond donors (Lipinski definition) is 0. The summed E-state index contributed by atoms with van der Waals surface area (Å²) in [4.78, 5) is 24.1. The average molecular weight is 366 g/mol. The molecule has 0 aliphatic heterocycles. The maximum Gasteiger partial charge on any atom is 0.336 e. The molecule has 0 amide bonds. The number of Topliss-reactive ketones (excluding diaryl/α,β-unsaturated/α-hetero) is 1. The molecule has 2 aromatic carbocycles. The molecule has 0 unspecified atom stereocenters. The number of carbonyl (C=O) groups excluding carboxylic acids is 1. The van der Waals surface area contributed by atoms with Crippen LogP contribution in [0, 0.1) is 5.41 Å². The molecule has 3 rings (SSSR count). The molecule has 0 spiro atoms. The van der Waals surface area contributed by atoms with E-state index in [0.717, 1.165) is 22.3 Å². The van der Waals surface area contributed by atoms with Gasteiger partial charge in [-0.1, -0.05) is 32.9 Å². The minimum absolute atomic E-state index is 0.00367. The lowest BCUT2D eigenvalue weighted by atomic mass is 9.91. The molecule has 0 saturated heterocycles. The van der Waals surface area contributed by atoms with Crippen molar-refractivity contribution < 1.29 is 18.7 Å². The highest BCUT2D eigenvalue weighted by molar-refractivity contribution is 5.94. The molecule has 0 fully saturated rings. The molecule has 140 valence electrons. The fourth-order valence-corrected chi connectivity index (χ4v) is 2.61. The van der Waals surface area contributed by atoms with E-state index in [9.17, 15) is 9.59 Å². The highest BCUT2D eigenvalue weighted by Gasteiger charge is 2.21. The Morgan fingerprint density at radius 1 is 1.00 bits per heavy atom. The molecular formula is C22H22O5. The van der Waals surface area contributed by atoms with Crippen LogP contribution in [0.1, 0.15) is 20.8 Å². The lowest BCUT2D eigenvalue weighted by Crippen LogP contribution is -2.26. The van der Waals surface area contributed by atoms with E-state index in [2.05, 4.69) is 0 Å². The number of rotatable bonds is 5. The van der Waals surface area contributed by atoms with Gasteiger partial charge in [0.1, 0.15) is 23.7 Å². The fourth-order valence-electron chi connectivity index (χ4n) is 2.61. The highest BCUT2D eigenvalue weighted by Crippen LogP contribution is 2.30. The van der Waals surface area contributed by atoms with E-state index in [4.69, 9.17) is 13.9 Å². The summed E-state index contributed by atoms with van der Waals surface area (Å²) in [5, 5.41) is 0.786. The fraction of sp³-hybridized carbons (Fsp3) is 0.273. The lowest BCUT2D eigenvalue weighted by molar-refractivity contribution is -0.128. The van der Waals surface area contributed by atoms with Crippen molar-refractivity contribution >= 4 is 16.8 Å². The first-order valence-electron chi connectivity index (χ1n) is 8.66. The van der Waals surface area contributed by atoms with Crippen LogP contribution in [0.2, 0.25) is 0 Å². The zero-order valence-electron chi connectivity index (χ0n) is 15.9. The largest absolute Gasteiger partial charge is 0.497 e. The van der Waals surface area contributed by atoms with E-state index in [0.29, 0.717) is 11.3 Å². The van der Waals surface area contributed by atoms with Gasteiger partial charge < -0.3 is 13.9 Å². The smallest absolute Gasteiger partial charge is 0.336 e. The molecule has 0 atom stereocenters. The molecule has 5 heteroatoms. The highest BCUT2D eigenvalue weighted by atomic mass is 16.5. The summed E-state index contributed by atoms with van der Waals surface area (Å²) >= 11 is 0. The van der Waals surface area contributed by atoms with Crippen molar-refractivity contribution in [3.05, 3.63) is 59.0 Å². The predicted octanol–water partition coefficient (Wildman–Crippen LogP) is 4.46. The Hall–Kier alpha value is -3.08. The van der Waals surface area contributed by atoms with Gasteiger partial charge in [-0.05, 0) is 35.4 Å². The number of ketones is 1. The van der Waals surface area contributed by atoms with Gasteiger partial charge in [0, 0.05) is 22.9 Å². The van der Waals surface area contributed by atoms with E-state index in [1.165, 1.54) is 6.07 Å². The van der Waals surface area contributed by atoms with Crippen molar-refractivity contribution in [1.29, 1.82) is 0 Å². The summed E-state index contributed by atoms with van der Waals surface area (Å²) in [6, 6.07) is 14.2. The summed E-state index contributed by atoms with van der Waals surface area (Å²) in [5.41, 5.74) is 1.14. The quantitative estimate of drug-likeness (QED) is 0.624. The molecule has 5 nitrogen and oxygen atoms in total. The van der Waals surface area contributed by atoms with Crippen molar-refractivity contribution in [2.45, 2.75) is 20.8 Å². The number of fused-ring (bicyclic) bond motifs is 1. The second kappa shape index (κ2) is 7.27. The maximum atomic E-state index is 12.0. The van der Waals surface area contributed by atoms with Gasteiger partial charge in [-0.15, -0.1) is 0 Å². The SMILES string of the molecule is COc1ccc(-c2cc(=O)oc3cc(OCC(=O)C(C)(C)C)ccc23)cc1. The van der Waals surface area contributed by atoms with Crippen LogP contribution >= 0.6 is 0 Å². The first-order chi connectivity index (χ1) is 12.8. The van der Waals surface area contributed by atoms with E-state index in [1.54, 1.807) is 19.2 Å². The van der Waals surface area contributed by atoms with Crippen LogP contribution < -0.4 is 15.1 Å². The Morgan fingerprint density at radius 3 is 2.30 bits per heavy atom. The van der Waals surface area contributed by atoms with Crippen LogP contribution in [0.5, 0.6) is 11.5 Å². The van der Waals surface area contributed by atoms with Gasteiger partial charge in [0.25, 0.3) is 0 Å². The topological polar surface area (TPSA) is 65.7 Å². The zero-order chi connectivity index (χ0) is 19.6. The summed E-state index contributed by atoms with van der Waals surface area (Å²) in [6.07, 6.45) is 0. The summed E-state index contributed by atoms with van der Waals surface area (Å²) in [7, 11) is 1.60. The van der Waals surface area contributed by atoms with Gasteiger partial charge >= 0.3 is 5.63 Å². The molecule has 0 aliphatic carbocycles. The molecule has 0 N–H and O–H groups in total. The van der Waals surface area contributed by atoms with Gasteiger partial charge in [0.2, 0.25) is 0 Å². The molecular weight excluding hydrogens is 344 g/mol. The van der Waals surface area contributed by atoms with Crippen LogP contribution in [0.15, 0.2) is 57.7 Å². The van der Waals surface area contributed by atoms with E-state index < -0.39 is 11.0 Å². The van der Waals surface area contributed by atoms with Crippen molar-refractivity contribution in [1.82, 2.24) is 0 Å². The number of carbonyl (C=O) groups is 1. The van der Waals surface area contributed by atoms with Crippen LogP contribution in [0.25, 0.3) is 22.1 Å². The third kappa shape index (κ3) is 4.19. The second-order valence-corrected chi connectivity index (χ2v) is 7.33. The Balaban J connectivity index is 1.96. The zero-order valence-corrected chi connectivity index (χ0v) is 15.9. The van der Waals surface area contributed by atoms with Crippen LogP contribution in [-0.2, 0) is 4.79 Å². The molecule has 0 bridgehead atoms. The van der Waals surface area contributed by atoms with Gasteiger partial charge in [0.15, 0.2) is 5.78 Å². The summed E-state index contributed by atoms with van der Waals surface area (Å²) < 4.78 is 16.1. The van der Waals surface area contributed by atoms with E-state index in [1.807, 2.05) is 51.1 Å². The first-order valence-corrected chi connectivity index (χ1v) is 8.66. The number of benzene rings is 2. The lowest BCUT2D eigenvalue weighted by Gasteiger charge is -2.17. The number of ether oxygens (including phenoxy) is 2. The van der Waals surface area contributed by atoms with Crippen molar-refractivity contribution in [2.24, 2.45) is 5.41 Å². The van der Waals surface area contributed by atoms with Crippen molar-refractivity contribution in [2.75, 3.05) is 13.7 Å². The van der Waals surface area contributed by atoms with E-state index >= 15 is 0 Å². The van der Waals surface area contributed by atoms with Crippen LogP contribution in [-0.4, -0.2) is 19.5 Å². The van der Waals surface area contributed by atoms with Gasteiger partial charge in [-0.25, -0.2) is 4.79 Å². The first kappa shape index (κ1) is 18.7. The molecule has 27 heavy (non-hydrogen) atoms. The van der Waals surface area contributed by atoms with Crippen LogP contribution in [0.3, 0.4) is 0 Å². The molecule has 1 heterocycles. The summed E-state index contributed by atoms with van der Waals surface area (Å²) in [6.45, 7) is 5.51. The monoisotopic (exact) mass is 366 g/mol. The number of methoxy groups -OCH3 is 1. The molecule has 1 aromatic heterocycles. The second-order valence-electron chi connectivity index (χ2n) is 7.33. The maximum absolute atomic E-state index is 12.0. The standard InChI is InChI=1S/C22H22O5/c1-22(2,3)20(23)13-26-16-9-10-17-18(12-21(24)27-19(17)11-16)14-5-7-15(25-4)8-6-14/h5-12H,13H2,1-4H3. The van der Waals surface area contributed by atoms with Crippen molar-refractivity contribution in [3.63, 3.8) is 0 Å². The van der Waals surface area contributed by atoms with Crippen molar-refractivity contribution in [3.8, 4) is 22.6 Å². The van der Waals surface area contributed by atoms with Crippen LogP contribution in [0.4, 0.5) is 0 Å². The molecule has 0 saturated carbocycles. The molecule has 0 aliphatic rings. The van der Waals surface area contributed by atoms with E-state index in [-0.39, 0.29) is 12.4 Å². The summed E-state index contributed by atoms with van der Waals surface area (Å²) in [5.74, 6) is 1.22. The Kier molecular flexibility index (Phi) is 5.04. The predicted molar refractivity (Wildman–Crippen MR) is 104 cm³/mol. The van der Waals surface area contributed by atoms with Gasteiger partial charge in [0.05, 0.1) is 7.11 Å². The van der Waals surface area contributed by atoms with Gasteiger partial charge in [-0.3, -0.25) is 4.79 Å². The van der Waals surface area contributed by atoms with Gasteiger partial charge in [-0.2, -0.15) is 0 Å². The Labute approximate surface area is 157 Å².